The molecule has 44 heavy (non-hydrogen) atoms. The molecule has 9 nitrogen and oxygen atoms in total. The van der Waals surface area contributed by atoms with Gasteiger partial charge in [0, 0.05) is 18.0 Å². The number of carbonyl (C=O) groups is 1. The zero-order valence-electron chi connectivity index (χ0n) is 22.4. The van der Waals surface area contributed by atoms with E-state index in [1.54, 1.807) is 19.1 Å². The van der Waals surface area contributed by atoms with E-state index in [-0.39, 0.29) is 28.6 Å². The van der Waals surface area contributed by atoms with Crippen molar-refractivity contribution in [1.82, 2.24) is 19.7 Å². The van der Waals surface area contributed by atoms with Gasteiger partial charge in [0.05, 0.1) is 16.1 Å². The number of nitrogens with zero attached hydrogens (tertiary/aromatic N) is 3. The van der Waals surface area contributed by atoms with E-state index in [0.29, 0.717) is 34.5 Å². The second-order valence-electron chi connectivity index (χ2n) is 9.96. The van der Waals surface area contributed by atoms with Crippen molar-refractivity contribution in [2.24, 2.45) is 0 Å². The maximum absolute atomic E-state index is 13.1. The van der Waals surface area contributed by atoms with Gasteiger partial charge in [-0.2, -0.15) is 34.8 Å². The van der Waals surface area contributed by atoms with E-state index in [9.17, 15) is 44.7 Å². The van der Waals surface area contributed by atoms with Crippen LogP contribution in [0.4, 0.5) is 38.0 Å². The first kappa shape index (κ1) is 31.3. The number of fused-ring (bicyclic) bond motifs is 1. The quantitative estimate of drug-likeness (QED) is 0.221. The van der Waals surface area contributed by atoms with Gasteiger partial charge < -0.3 is 10.4 Å². The first-order valence-electron chi connectivity index (χ1n) is 12.7. The van der Waals surface area contributed by atoms with Crippen LogP contribution < -0.4 is 10.0 Å². The lowest BCUT2D eigenvalue weighted by atomic mass is 9.79. The summed E-state index contributed by atoms with van der Waals surface area (Å²) >= 11 is 1.11. The molecule has 1 aliphatic rings. The fraction of sp³-hybridized carbons (Fsp3) is 0.259. The van der Waals surface area contributed by atoms with Gasteiger partial charge in [-0.3, -0.25) is 4.79 Å². The van der Waals surface area contributed by atoms with Crippen LogP contribution >= 0.6 is 11.3 Å². The second kappa shape index (κ2) is 11.1. The highest BCUT2D eigenvalue weighted by Crippen LogP contribution is 2.44. The number of pyridine rings is 2. The van der Waals surface area contributed by atoms with Gasteiger partial charge in [-0.15, -0.1) is 11.3 Å². The first-order valence-corrected chi connectivity index (χ1v) is 15.0. The molecular weight excluding hydrogens is 636 g/mol. The molecule has 0 spiro atoms. The highest BCUT2D eigenvalue weighted by Gasteiger charge is 2.47. The molecule has 1 unspecified atom stereocenters. The predicted octanol–water partition coefficient (Wildman–Crippen LogP) is 5.82. The average Bonchev–Trinajstić information content (AvgIpc) is 3.43. The third kappa shape index (κ3) is 6.25. The number of halogens is 6. The SMILES string of the molecule is Cc1cc(Nc2cc(C(F)(F)F)ccn2)nc(-c2cnc(C3(O)CCCc4cc(C(=O)NS(=O)(=O)C(F)(F)F)ccc43)s2)c1. The number of hydrogen-bond acceptors (Lipinski definition) is 9. The van der Waals surface area contributed by atoms with E-state index in [1.165, 1.54) is 18.3 Å². The van der Waals surface area contributed by atoms with Crippen LogP contribution in [0.1, 0.15) is 50.5 Å². The average molecular weight is 658 g/mol. The standard InChI is InChI=1S/C27H21F6N5O4S2/c1-14-9-19(36-22(10-14)37-21-12-17(6-8-34-21)26(28,29)30)20-13-35-24(43-20)25(40)7-2-3-15-11-16(4-5-18(15)25)23(39)38-44(41,42)27(31,32)33/h4-6,8-13,40H,2-3,7H2,1H3,(H,38,39)(H,34,36,37). The number of aliphatic hydroxyl groups is 1. The molecule has 232 valence electrons. The number of thiazole rings is 1. The Bertz CT molecular complexity index is 1860. The lowest BCUT2D eigenvalue weighted by Gasteiger charge is -2.33. The van der Waals surface area contributed by atoms with Gasteiger partial charge in [-0.05, 0) is 79.3 Å². The van der Waals surface area contributed by atoms with E-state index in [2.05, 4.69) is 20.3 Å². The van der Waals surface area contributed by atoms with Gasteiger partial charge >= 0.3 is 21.7 Å². The maximum Gasteiger partial charge on any atom is 0.516 e. The number of carbonyl (C=O) groups excluding carboxylic acids is 1. The van der Waals surface area contributed by atoms with Gasteiger partial charge in [0.15, 0.2) is 0 Å². The van der Waals surface area contributed by atoms with Crippen molar-refractivity contribution < 1.29 is 44.7 Å². The molecule has 0 saturated heterocycles. The Morgan fingerprint density at radius 1 is 1.02 bits per heavy atom. The molecule has 0 bridgehead atoms. The molecule has 0 fully saturated rings. The number of benzene rings is 1. The molecule has 17 heteroatoms. The smallest absolute Gasteiger partial charge is 0.378 e. The lowest BCUT2D eigenvalue weighted by Crippen LogP contribution is -2.40. The molecule has 1 atom stereocenters. The molecule has 5 rings (SSSR count). The summed E-state index contributed by atoms with van der Waals surface area (Å²) < 4.78 is 101. The minimum absolute atomic E-state index is 0.0638. The van der Waals surface area contributed by atoms with Gasteiger partial charge in [0.2, 0.25) is 0 Å². The molecule has 3 N–H and O–H groups in total. The molecule has 3 aromatic heterocycles. The van der Waals surface area contributed by atoms with Crippen molar-refractivity contribution in [1.29, 1.82) is 0 Å². The topological polar surface area (TPSA) is 134 Å². The normalized spacial score (nSPS) is 17.2. The van der Waals surface area contributed by atoms with Crippen molar-refractivity contribution in [2.45, 2.75) is 43.5 Å². The van der Waals surface area contributed by atoms with Crippen molar-refractivity contribution in [3.8, 4) is 10.6 Å². The largest absolute Gasteiger partial charge is 0.516 e. The van der Waals surface area contributed by atoms with Crippen LogP contribution in [-0.2, 0) is 28.2 Å². The highest BCUT2D eigenvalue weighted by atomic mass is 32.2. The maximum atomic E-state index is 13.1. The summed E-state index contributed by atoms with van der Waals surface area (Å²) in [6, 6.07) is 8.74. The minimum Gasteiger partial charge on any atom is -0.378 e. The molecule has 0 saturated carbocycles. The number of nitrogens with one attached hydrogen (secondary N) is 2. The van der Waals surface area contributed by atoms with E-state index in [0.717, 1.165) is 46.0 Å². The van der Waals surface area contributed by atoms with Gasteiger partial charge in [-0.25, -0.2) is 19.7 Å². The Morgan fingerprint density at radius 2 is 1.77 bits per heavy atom. The third-order valence-corrected chi connectivity index (χ3v) is 8.99. The Balaban J connectivity index is 1.41. The number of amides is 1. The van der Waals surface area contributed by atoms with Gasteiger partial charge in [0.25, 0.3) is 5.91 Å². The van der Waals surface area contributed by atoms with Crippen LogP contribution in [0.15, 0.2) is 54.9 Å². The number of rotatable bonds is 6. The van der Waals surface area contributed by atoms with Crippen molar-refractivity contribution in [2.75, 3.05) is 5.32 Å². The fourth-order valence-corrected chi connectivity index (χ4v) is 6.21. The molecule has 0 aliphatic heterocycles. The lowest BCUT2D eigenvalue weighted by molar-refractivity contribution is -0.137. The van der Waals surface area contributed by atoms with Crippen LogP contribution in [0, 0.1) is 6.92 Å². The third-order valence-electron chi connectivity index (χ3n) is 6.75. The van der Waals surface area contributed by atoms with Gasteiger partial charge in [-0.1, -0.05) is 6.07 Å². The van der Waals surface area contributed by atoms with Crippen LogP contribution in [0.2, 0.25) is 0 Å². The molecule has 1 aromatic carbocycles. The minimum atomic E-state index is -5.90. The zero-order valence-corrected chi connectivity index (χ0v) is 24.0. The summed E-state index contributed by atoms with van der Waals surface area (Å²) in [5, 5.41) is 14.8. The Morgan fingerprint density at radius 3 is 2.48 bits per heavy atom. The highest BCUT2D eigenvalue weighted by molar-refractivity contribution is 7.90. The van der Waals surface area contributed by atoms with E-state index >= 15 is 0 Å². The van der Waals surface area contributed by atoms with Crippen LogP contribution in [-0.4, -0.2) is 39.9 Å². The number of anilines is 2. The molecule has 4 aromatic rings. The summed E-state index contributed by atoms with van der Waals surface area (Å²) in [7, 11) is -5.90. The van der Waals surface area contributed by atoms with Crippen LogP contribution in [0.25, 0.3) is 10.6 Å². The predicted molar refractivity (Wildman–Crippen MR) is 147 cm³/mol. The van der Waals surface area contributed by atoms with E-state index in [1.807, 2.05) is 0 Å². The monoisotopic (exact) mass is 657 g/mol. The van der Waals surface area contributed by atoms with E-state index in [4.69, 9.17) is 0 Å². The number of alkyl halides is 6. The Kier molecular flexibility index (Phi) is 7.92. The van der Waals surface area contributed by atoms with Crippen LogP contribution in [0.5, 0.6) is 0 Å². The summed E-state index contributed by atoms with van der Waals surface area (Å²) in [5.74, 6) is -1.31. The molecule has 0 radical (unpaired) electrons. The zero-order chi connectivity index (χ0) is 32.1. The van der Waals surface area contributed by atoms with Crippen molar-refractivity contribution in [3.05, 3.63) is 87.7 Å². The van der Waals surface area contributed by atoms with Crippen molar-refractivity contribution in [3.63, 3.8) is 0 Å². The Hall–Kier alpha value is -4.09. The number of aryl methyl sites for hydroxylation is 2. The van der Waals surface area contributed by atoms with Crippen LogP contribution in [0.3, 0.4) is 0 Å². The summed E-state index contributed by atoms with van der Waals surface area (Å²) in [6.45, 7) is 1.76. The fourth-order valence-electron chi connectivity index (χ4n) is 4.72. The van der Waals surface area contributed by atoms with E-state index < -0.39 is 38.8 Å². The molecule has 1 aliphatic carbocycles. The Labute approximate surface area is 250 Å². The number of hydrogen-bond donors (Lipinski definition) is 3. The van der Waals surface area contributed by atoms with Crippen molar-refractivity contribution >= 4 is 38.9 Å². The number of aromatic nitrogens is 3. The summed E-state index contributed by atoms with van der Waals surface area (Å²) in [5.41, 5.74) is -6.58. The summed E-state index contributed by atoms with van der Waals surface area (Å²) in [6.07, 6.45) is -1.03. The molecular formula is C27H21F6N5O4S2. The number of sulfonamides is 1. The molecule has 1 amide bonds. The molecule has 3 heterocycles. The summed E-state index contributed by atoms with van der Waals surface area (Å²) in [4.78, 5) is 25.6. The second-order valence-corrected chi connectivity index (χ2v) is 12.7. The van der Waals surface area contributed by atoms with Gasteiger partial charge in [0.1, 0.15) is 22.2 Å². The first-order chi connectivity index (χ1) is 20.5.